The average Bonchev–Trinajstić information content (AvgIpc) is 2.23. The quantitative estimate of drug-likeness (QED) is 0.553. The summed E-state index contributed by atoms with van der Waals surface area (Å²) in [5.41, 5.74) is -0.429. The molecule has 2 heteroatoms. The number of unbranched alkanes of at least 4 members (excludes halogenated alkanes) is 1. The molecule has 0 aliphatic carbocycles. The summed E-state index contributed by atoms with van der Waals surface area (Å²) in [6, 6.07) is 0. The Morgan fingerprint density at radius 2 is 2.07 bits per heavy atom. The topological polar surface area (TPSA) is 23.5 Å². The Kier molecular flexibility index (Phi) is 5.14. The van der Waals surface area contributed by atoms with Crippen LogP contribution >= 0.6 is 0 Å². The summed E-state index contributed by atoms with van der Waals surface area (Å²) in [6.45, 7) is 5.45. The molecule has 1 rings (SSSR count). The lowest BCUT2D eigenvalue weighted by molar-refractivity contribution is -0.0285. The van der Waals surface area contributed by atoms with Crippen molar-refractivity contribution in [1.82, 2.24) is 4.90 Å². The zero-order chi connectivity index (χ0) is 11.1. The van der Waals surface area contributed by atoms with Crippen molar-refractivity contribution in [1.29, 1.82) is 0 Å². The molecule has 1 aliphatic rings. The number of aliphatic hydroxyl groups is 1. The van der Waals surface area contributed by atoms with Crippen LogP contribution in [-0.2, 0) is 0 Å². The molecule has 1 saturated heterocycles. The van der Waals surface area contributed by atoms with Crippen molar-refractivity contribution < 1.29 is 5.11 Å². The van der Waals surface area contributed by atoms with Gasteiger partial charge in [0, 0.05) is 19.5 Å². The summed E-state index contributed by atoms with van der Waals surface area (Å²) in [6.07, 6.45) is 10.9. The number of rotatable bonds is 5. The van der Waals surface area contributed by atoms with Gasteiger partial charge in [-0.15, -0.1) is 12.3 Å². The predicted molar refractivity (Wildman–Crippen MR) is 63.6 cm³/mol. The van der Waals surface area contributed by atoms with E-state index in [1.165, 1.54) is 13.0 Å². The maximum absolute atomic E-state index is 10.3. The molecule has 1 N–H and O–H groups in total. The van der Waals surface area contributed by atoms with Gasteiger partial charge in [0.2, 0.25) is 0 Å². The summed E-state index contributed by atoms with van der Waals surface area (Å²) in [4.78, 5) is 2.44. The Bertz CT molecular complexity index is 211. The number of hydrogen-bond donors (Lipinski definition) is 1. The van der Waals surface area contributed by atoms with Crippen LogP contribution in [0.15, 0.2) is 0 Å². The van der Waals surface area contributed by atoms with Crippen molar-refractivity contribution in [3.8, 4) is 12.3 Å². The van der Waals surface area contributed by atoms with Crippen molar-refractivity contribution in [3.05, 3.63) is 0 Å². The van der Waals surface area contributed by atoms with Crippen LogP contribution in [0.4, 0.5) is 0 Å². The van der Waals surface area contributed by atoms with Gasteiger partial charge < -0.3 is 10.0 Å². The molecule has 1 heterocycles. The lowest BCUT2D eigenvalue weighted by atomic mass is 9.86. The van der Waals surface area contributed by atoms with Gasteiger partial charge in [-0.1, -0.05) is 6.92 Å². The molecular formula is C13H23NO. The number of hydrogen-bond acceptors (Lipinski definition) is 2. The second-order valence-corrected chi connectivity index (χ2v) is 4.62. The van der Waals surface area contributed by atoms with Crippen molar-refractivity contribution in [3.63, 3.8) is 0 Å². The van der Waals surface area contributed by atoms with E-state index in [4.69, 9.17) is 6.42 Å². The van der Waals surface area contributed by atoms with Gasteiger partial charge in [0.25, 0.3) is 0 Å². The summed E-state index contributed by atoms with van der Waals surface area (Å²) in [7, 11) is 0. The van der Waals surface area contributed by atoms with Crippen molar-refractivity contribution >= 4 is 0 Å². The molecule has 0 unspecified atom stereocenters. The second kappa shape index (κ2) is 6.15. The highest BCUT2D eigenvalue weighted by Gasteiger charge is 2.30. The van der Waals surface area contributed by atoms with Gasteiger partial charge in [-0.05, 0) is 38.6 Å². The van der Waals surface area contributed by atoms with E-state index in [0.717, 1.165) is 45.2 Å². The summed E-state index contributed by atoms with van der Waals surface area (Å²) >= 11 is 0. The van der Waals surface area contributed by atoms with Crippen LogP contribution in [0.3, 0.4) is 0 Å². The fourth-order valence-electron chi connectivity index (χ4n) is 2.28. The first-order valence-electron chi connectivity index (χ1n) is 6.08. The first-order valence-corrected chi connectivity index (χ1v) is 6.08. The van der Waals surface area contributed by atoms with Gasteiger partial charge in [-0.2, -0.15) is 0 Å². The molecular weight excluding hydrogens is 186 g/mol. The van der Waals surface area contributed by atoms with E-state index in [0.29, 0.717) is 0 Å². The van der Waals surface area contributed by atoms with Gasteiger partial charge in [0.15, 0.2) is 0 Å². The fraction of sp³-hybridized carbons (Fsp3) is 0.846. The van der Waals surface area contributed by atoms with Gasteiger partial charge in [-0.25, -0.2) is 0 Å². The van der Waals surface area contributed by atoms with E-state index in [-0.39, 0.29) is 0 Å². The number of piperidine rings is 1. The molecule has 0 spiro atoms. The molecule has 86 valence electrons. The zero-order valence-electron chi connectivity index (χ0n) is 9.84. The maximum Gasteiger partial charge on any atom is 0.0672 e. The highest BCUT2D eigenvalue weighted by Crippen LogP contribution is 2.27. The third kappa shape index (κ3) is 4.24. The smallest absolute Gasteiger partial charge is 0.0672 e. The molecule has 0 radical (unpaired) electrons. The summed E-state index contributed by atoms with van der Waals surface area (Å²) in [5, 5.41) is 10.3. The Labute approximate surface area is 93.7 Å². The van der Waals surface area contributed by atoms with Gasteiger partial charge in [0.1, 0.15) is 0 Å². The molecule has 1 fully saturated rings. The molecule has 2 nitrogen and oxygen atoms in total. The molecule has 0 amide bonds. The molecule has 0 aromatic heterocycles. The molecule has 0 atom stereocenters. The maximum atomic E-state index is 10.3. The van der Waals surface area contributed by atoms with E-state index in [2.05, 4.69) is 17.7 Å². The van der Waals surface area contributed by atoms with Crippen molar-refractivity contribution in [2.45, 2.75) is 51.0 Å². The second-order valence-electron chi connectivity index (χ2n) is 4.62. The van der Waals surface area contributed by atoms with Crippen LogP contribution < -0.4 is 0 Å². The molecule has 0 bridgehead atoms. The van der Waals surface area contributed by atoms with Crippen molar-refractivity contribution in [2.24, 2.45) is 0 Å². The monoisotopic (exact) mass is 209 g/mol. The molecule has 0 aromatic carbocycles. The minimum Gasteiger partial charge on any atom is -0.390 e. The summed E-state index contributed by atoms with van der Waals surface area (Å²) in [5.74, 6) is 2.63. The first kappa shape index (κ1) is 12.5. The number of nitrogens with zero attached hydrogens (tertiary/aromatic N) is 1. The van der Waals surface area contributed by atoms with Crippen LogP contribution in [0.2, 0.25) is 0 Å². The van der Waals surface area contributed by atoms with E-state index in [9.17, 15) is 5.11 Å². The standard InChI is InChI=1S/C13H23NO/c1-3-5-6-7-13(15)8-11-14(10-4-2)12-9-13/h1,15H,4-12H2,2H3. The van der Waals surface area contributed by atoms with Gasteiger partial charge in [0.05, 0.1) is 5.60 Å². The Morgan fingerprint density at radius 3 is 2.60 bits per heavy atom. The Hall–Kier alpha value is -0.520. The van der Waals surface area contributed by atoms with E-state index < -0.39 is 5.60 Å². The first-order chi connectivity index (χ1) is 7.20. The van der Waals surface area contributed by atoms with Crippen LogP contribution in [-0.4, -0.2) is 35.2 Å². The highest BCUT2D eigenvalue weighted by molar-refractivity contribution is 4.89. The van der Waals surface area contributed by atoms with Crippen LogP contribution in [0.5, 0.6) is 0 Å². The van der Waals surface area contributed by atoms with Gasteiger partial charge >= 0.3 is 0 Å². The normalized spacial score (nSPS) is 21.1. The largest absolute Gasteiger partial charge is 0.390 e. The van der Waals surface area contributed by atoms with Crippen molar-refractivity contribution in [2.75, 3.05) is 19.6 Å². The number of likely N-dealkylation sites (tertiary alicyclic amines) is 1. The predicted octanol–water partition coefficient (Wildman–Crippen LogP) is 2.03. The van der Waals surface area contributed by atoms with Crippen LogP contribution in [0.25, 0.3) is 0 Å². The minimum absolute atomic E-state index is 0.429. The Morgan fingerprint density at radius 1 is 1.40 bits per heavy atom. The molecule has 0 aromatic rings. The van der Waals surface area contributed by atoms with E-state index >= 15 is 0 Å². The highest BCUT2D eigenvalue weighted by atomic mass is 16.3. The van der Waals surface area contributed by atoms with Gasteiger partial charge in [-0.3, -0.25) is 0 Å². The number of terminal acetylenes is 1. The van der Waals surface area contributed by atoms with E-state index in [1.54, 1.807) is 0 Å². The zero-order valence-corrected chi connectivity index (χ0v) is 9.84. The fourth-order valence-corrected chi connectivity index (χ4v) is 2.28. The third-order valence-corrected chi connectivity index (χ3v) is 3.29. The van der Waals surface area contributed by atoms with Crippen LogP contribution in [0, 0.1) is 12.3 Å². The Balaban J connectivity index is 2.25. The SMILES string of the molecule is C#CCCCC1(O)CCN(CCC)CC1. The third-order valence-electron chi connectivity index (χ3n) is 3.29. The van der Waals surface area contributed by atoms with Crippen LogP contribution in [0.1, 0.15) is 45.4 Å². The molecule has 1 aliphatic heterocycles. The average molecular weight is 209 g/mol. The lowest BCUT2D eigenvalue weighted by Gasteiger charge is -2.38. The lowest BCUT2D eigenvalue weighted by Crippen LogP contribution is -2.44. The summed E-state index contributed by atoms with van der Waals surface area (Å²) < 4.78 is 0. The minimum atomic E-state index is -0.429. The molecule has 15 heavy (non-hydrogen) atoms. The van der Waals surface area contributed by atoms with E-state index in [1.807, 2.05) is 0 Å². The molecule has 0 saturated carbocycles.